The van der Waals surface area contributed by atoms with Crippen LogP contribution < -0.4 is 5.32 Å². The molecule has 1 aromatic heterocycles. The average molecular weight is 360 g/mol. The maximum Gasteiger partial charge on any atom is 0.130 e. The van der Waals surface area contributed by atoms with E-state index < -0.39 is 0 Å². The number of hydrogen-bond acceptors (Lipinski definition) is 2. The van der Waals surface area contributed by atoms with E-state index in [9.17, 15) is 4.39 Å². The zero-order valence-electron chi connectivity index (χ0n) is 8.97. The van der Waals surface area contributed by atoms with E-state index in [1.165, 1.54) is 12.1 Å². The Balaban J connectivity index is 2.28. The molecule has 88 valence electrons. The van der Waals surface area contributed by atoms with Gasteiger partial charge in [-0.25, -0.2) is 9.37 Å². The Morgan fingerprint density at radius 2 is 1.88 bits per heavy atom. The molecule has 0 fully saturated rings. The van der Waals surface area contributed by atoms with Crippen LogP contribution in [0.5, 0.6) is 0 Å². The molecular weight excluding hydrogens is 351 g/mol. The Morgan fingerprint density at radius 3 is 2.53 bits per heavy atom. The molecule has 0 saturated heterocycles. The normalized spacial score (nSPS) is 10.4. The average Bonchev–Trinajstić information content (AvgIpc) is 2.27. The number of aromatic nitrogens is 1. The van der Waals surface area contributed by atoms with Gasteiger partial charge in [0.15, 0.2) is 0 Å². The van der Waals surface area contributed by atoms with Crippen LogP contribution in [0.1, 0.15) is 5.69 Å². The number of halogens is 3. The summed E-state index contributed by atoms with van der Waals surface area (Å²) in [5.41, 5.74) is 1.67. The minimum absolute atomic E-state index is 0.276. The number of nitrogens with one attached hydrogen (secondary N) is 1. The second kappa shape index (κ2) is 5.14. The van der Waals surface area contributed by atoms with Gasteiger partial charge in [0, 0.05) is 8.95 Å². The summed E-state index contributed by atoms with van der Waals surface area (Å²) in [4.78, 5) is 4.36. The summed E-state index contributed by atoms with van der Waals surface area (Å²) in [5, 5.41) is 3.12. The van der Waals surface area contributed by atoms with Crippen LogP contribution in [-0.2, 0) is 0 Å². The van der Waals surface area contributed by atoms with Gasteiger partial charge in [-0.2, -0.15) is 0 Å². The monoisotopic (exact) mass is 358 g/mol. The summed E-state index contributed by atoms with van der Waals surface area (Å²) in [6.07, 6.45) is 0. The van der Waals surface area contributed by atoms with E-state index in [1.807, 2.05) is 19.1 Å². The van der Waals surface area contributed by atoms with Gasteiger partial charge in [-0.1, -0.05) is 0 Å². The third kappa shape index (κ3) is 3.04. The second-order valence-corrected chi connectivity index (χ2v) is 5.22. The molecule has 0 saturated carbocycles. The van der Waals surface area contributed by atoms with Crippen molar-refractivity contribution >= 4 is 43.4 Å². The molecule has 0 spiro atoms. The van der Waals surface area contributed by atoms with Gasteiger partial charge in [-0.15, -0.1) is 0 Å². The molecule has 17 heavy (non-hydrogen) atoms. The number of hydrogen-bond donors (Lipinski definition) is 1. The fraction of sp³-hybridized carbons (Fsp3) is 0.0833. The van der Waals surface area contributed by atoms with Gasteiger partial charge in [0.05, 0.1) is 11.4 Å². The van der Waals surface area contributed by atoms with Gasteiger partial charge in [0.1, 0.15) is 11.6 Å². The molecule has 0 amide bonds. The van der Waals surface area contributed by atoms with Crippen LogP contribution in [0.3, 0.4) is 0 Å². The molecule has 0 bridgehead atoms. The van der Waals surface area contributed by atoms with Gasteiger partial charge in [0.25, 0.3) is 0 Å². The standard InChI is InChI=1S/C12H9Br2FN2/c1-7-9(13)3-5-12(16-7)17-11-4-2-8(15)6-10(11)14/h2-6H,1H3,(H,16,17). The molecule has 1 heterocycles. The second-order valence-electron chi connectivity index (χ2n) is 3.51. The van der Waals surface area contributed by atoms with Crippen LogP contribution in [-0.4, -0.2) is 4.98 Å². The van der Waals surface area contributed by atoms with E-state index in [2.05, 4.69) is 42.2 Å². The third-order valence-electron chi connectivity index (χ3n) is 2.22. The molecule has 0 atom stereocenters. The quantitative estimate of drug-likeness (QED) is 0.833. The lowest BCUT2D eigenvalue weighted by molar-refractivity contribution is 0.627. The largest absolute Gasteiger partial charge is 0.339 e. The molecule has 0 unspecified atom stereocenters. The predicted molar refractivity (Wildman–Crippen MR) is 74.1 cm³/mol. The van der Waals surface area contributed by atoms with Crippen molar-refractivity contribution in [3.05, 3.63) is 50.8 Å². The number of anilines is 2. The van der Waals surface area contributed by atoms with Gasteiger partial charge < -0.3 is 5.32 Å². The highest BCUT2D eigenvalue weighted by molar-refractivity contribution is 9.10. The van der Waals surface area contributed by atoms with E-state index in [0.717, 1.165) is 21.7 Å². The van der Waals surface area contributed by atoms with Crippen molar-refractivity contribution in [2.24, 2.45) is 0 Å². The van der Waals surface area contributed by atoms with Crippen molar-refractivity contribution in [3.63, 3.8) is 0 Å². The summed E-state index contributed by atoms with van der Waals surface area (Å²) in [6.45, 7) is 1.91. The summed E-state index contributed by atoms with van der Waals surface area (Å²) in [7, 11) is 0. The zero-order valence-corrected chi connectivity index (χ0v) is 12.1. The summed E-state index contributed by atoms with van der Waals surface area (Å²) in [5.74, 6) is 0.445. The van der Waals surface area contributed by atoms with E-state index in [-0.39, 0.29) is 5.82 Å². The molecule has 2 aromatic rings. The predicted octanol–water partition coefficient (Wildman–Crippen LogP) is 4.80. The topological polar surface area (TPSA) is 24.9 Å². The van der Waals surface area contributed by atoms with Crippen molar-refractivity contribution in [1.82, 2.24) is 4.98 Å². The van der Waals surface area contributed by atoms with Crippen molar-refractivity contribution in [3.8, 4) is 0 Å². The van der Waals surface area contributed by atoms with Gasteiger partial charge in [-0.3, -0.25) is 0 Å². The molecule has 2 rings (SSSR count). The molecule has 2 nitrogen and oxygen atoms in total. The summed E-state index contributed by atoms with van der Waals surface area (Å²) < 4.78 is 14.5. The summed E-state index contributed by atoms with van der Waals surface area (Å²) >= 11 is 6.69. The first-order valence-electron chi connectivity index (χ1n) is 4.91. The van der Waals surface area contributed by atoms with Gasteiger partial charge in [0.2, 0.25) is 0 Å². The van der Waals surface area contributed by atoms with Crippen LogP contribution >= 0.6 is 31.9 Å². The molecule has 1 N–H and O–H groups in total. The number of nitrogens with zero attached hydrogens (tertiary/aromatic N) is 1. The Hall–Kier alpha value is -0.940. The molecule has 0 aliphatic carbocycles. The lowest BCUT2D eigenvalue weighted by Crippen LogP contribution is -1.96. The van der Waals surface area contributed by atoms with E-state index in [1.54, 1.807) is 6.07 Å². The van der Waals surface area contributed by atoms with Crippen LogP contribution in [0, 0.1) is 12.7 Å². The summed E-state index contributed by atoms with van der Waals surface area (Å²) in [6, 6.07) is 8.25. The zero-order chi connectivity index (χ0) is 12.4. The van der Waals surface area contributed by atoms with Crippen molar-refractivity contribution < 1.29 is 4.39 Å². The van der Waals surface area contributed by atoms with Crippen molar-refractivity contribution in [2.45, 2.75) is 6.92 Å². The molecular formula is C12H9Br2FN2. The Bertz CT molecular complexity index is 558. The van der Waals surface area contributed by atoms with Crippen LogP contribution in [0.4, 0.5) is 15.9 Å². The van der Waals surface area contributed by atoms with Gasteiger partial charge >= 0.3 is 0 Å². The van der Waals surface area contributed by atoms with E-state index in [0.29, 0.717) is 4.47 Å². The van der Waals surface area contributed by atoms with E-state index in [4.69, 9.17) is 0 Å². The number of rotatable bonds is 2. The SMILES string of the molecule is Cc1nc(Nc2ccc(F)cc2Br)ccc1Br. The molecule has 1 aromatic carbocycles. The molecule has 0 aliphatic rings. The van der Waals surface area contributed by atoms with Crippen LogP contribution in [0.15, 0.2) is 39.3 Å². The van der Waals surface area contributed by atoms with Crippen molar-refractivity contribution in [2.75, 3.05) is 5.32 Å². The number of benzene rings is 1. The first-order chi connectivity index (χ1) is 8.06. The van der Waals surface area contributed by atoms with Crippen LogP contribution in [0.25, 0.3) is 0 Å². The number of aryl methyl sites for hydroxylation is 1. The Morgan fingerprint density at radius 1 is 1.12 bits per heavy atom. The first-order valence-corrected chi connectivity index (χ1v) is 6.50. The maximum absolute atomic E-state index is 12.9. The van der Waals surface area contributed by atoms with Crippen molar-refractivity contribution in [1.29, 1.82) is 0 Å². The smallest absolute Gasteiger partial charge is 0.130 e. The lowest BCUT2D eigenvalue weighted by Gasteiger charge is -2.09. The molecule has 5 heteroatoms. The lowest BCUT2D eigenvalue weighted by atomic mass is 10.3. The first kappa shape index (κ1) is 12.5. The third-order valence-corrected chi connectivity index (χ3v) is 3.71. The highest BCUT2D eigenvalue weighted by Crippen LogP contribution is 2.26. The Labute approximate surface area is 116 Å². The van der Waals surface area contributed by atoms with Crippen LogP contribution in [0.2, 0.25) is 0 Å². The fourth-order valence-electron chi connectivity index (χ4n) is 1.34. The molecule has 0 aliphatic heterocycles. The fourth-order valence-corrected chi connectivity index (χ4v) is 2.01. The minimum atomic E-state index is -0.276. The number of pyridine rings is 1. The minimum Gasteiger partial charge on any atom is -0.339 e. The van der Waals surface area contributed by atoms with E-state index >= 15 is 0 Å². The highest BCUT2D eigenvalue weighted by atomic mass is 79.9. The highest BCUT2D eigenvalue weighted by Gasteiger charge is 2.04. The Kier molecular flexibility index (Phi) is 3.79. The molecule has 0 radical (unpaired) electrons. The maximum atomic E-state index is 12.9. The van der Waals surface area contributed by atoms with Gasteiger partial charge in [-0.05, 0) is 69.1 Å².